The molecule has 0 unspecified atom stereocenters. The number of halogens is 1. The molecule has 2 aromatic carbocycles. The van der Waals surface area contributed by atoms with Crippen molar-refractivity contribution in [1.29, 1.82) is 0 Å². The summed E-state index contributed by atoms with van der Waals surface area (Å²) in [5.41, 5.74) is 3.12. The Balaban J connectivity index is 1.42. The van der Waals surface area contributed by atoms with Crippen LogP contribution in [0.15, 0.2) is 65.4 Å². The minimum Gasteiger partial charge on any atom is -0.496 e. The Morgan fingerprint density at radius 2 is 2.14 bits per heavy atom. The average Bonchev–Trinajstić information content (AvgIpc) is 3.34. The van der Waals surface area contributed by atoms with Crippen LogP contribution in [0.5, 0.6) is 5.75 Å². The van der Waals surface area contributed by atoms with Crippen molar-refractivity contribution in [1.82, 2.24) is 24.8 Å². The lowest BCUT2D eigenvalue weighted by Gasteiger charge is -2.05. The summed E-state index contributed by atoms with van der Waals surface area (Å²) in [6.07, 6.45) is 6.48. The lowest BCUT2D eigenvalue weighted by atomic mass is 10.2. The molecule has 1 amide bonds. The first-order valence-electron chi connectivity index (χ1n) is 8.75. The van der Waals surface area contributed by atoms with Crippen molar-refractivity contribution >= 4 is 44.6 Å². The van der Waals surface area contributed by atoms with E-state index in [9.17, 15) is 4.79 Å². The fraction of sp³-hybridized carbons (Fsp3) is 0.100. The van der Waals surface area contributed by atoms with Crippen molar-refractivity contribution in [3.8, 4) is 5.75 Å². The number of carbonyl (C=O) groups excluding carboxylic acids is 1. The molecule has 1 N–H and O–H groups in total. The number of para-hydroxylation sites is 1. The van der Waals surface area contributed by atoms with Gasteiger partial charge < -0.3 is 10.1 Å². The second-order valence-corrected chi connectivity index (χ2v) is 7.11. The molecule has 0 radical (unpaired) electrons. The van der Waals surface area contributed by atoms with Crippen LogP contribution in [0, 0.1) is 0 Å². The fourth-order valence-corrected chi connectivity index (χ4v) is 3.23. The van der Waals surface area contributed by atoms with Crippen LogP contribution in [0.2, 0.25) is 0 Å². The minimum atomic E-state index is -0.266. The summed E-state index contributed by atoms with van der Waals surface area (Å²) >= 11 is 3.42. The summed E-state index contributed by atoms with van der Waals surface area (Å²) in [6.45, 7) is 0.390. The maximum absolute atomic E-state index is 12.3. The molecule has 0 aliphatic rings. The third kappa shape index (κ3) is 4.35. The zero-order valence-electron chi connectivity index (χ0n) is 15.5. The number of fused-ring (bicyclic) bond motifs is 1. The highest BCUT2D eigenvalue weighted by Gasteiger charge is 2.07. The molecule has 0 bridgehead atoms. The van der Waals surface area contributed by atoms with Crippen molar-refractivity contribution in [3.63, 3.8) is 0 Å². The molecule has 4 rings (SSSR count). The van der Waals surface area contributed by atoms with Crippen LogP contribution in [0.25, 0.3) is 17.1 Å². The number of methoxy groups -OCH3 is 1. The summed E-state index contributed by atoms with van der Waals surface area (Å²) in [7, 11) is 1.59. The molecule has 8 nitrogen and oxygen atoms in total. The van der Waals surface area contributed by atoms with Gasteiger partial charge in [0.25, 0.3) is 0 Å². The highest BCUT2D eigenvalue weighted by atomic mass is 79.9. The van der Waals surface area contributed by atoms with Crippen molar-refractivity contribution in [3.05, 3.63) is 71.0 Å². The van der Waals surface area contributed by atoms with E-state index in [0.717, 1.165) is 21.1 Å². The normalized spacial score (nSPS) is 11.2. The maximum Gasteiger partial charge on any atom is 0.248 e. The van der Waals surface area contributed by atoms with Crippen LogP contribution in [0.3, 0.4) is 0 Å². The van der Waals surface area contributed by atoms with E-state index in [2.05, 4.69) is 36.7 Å². The van der Waals surface area contributed by atoms with Crippen LogP contribution in [-0.4, -0.2) is 37.8 Å². The van der Waals surface area contributed by atoms with Crippen LogP contribution < -0.4 is 10.1 Å². The number of hydrogen-bond donors (Lipinski definition) is 1. The molecule has 0 spiro atoms. The van der Waals surface area contributed by atoms with Crippen molar-refractivity contribution in [2.75, 3.05) is 12.4 Å². The van der Waals surface area contributed by atoms with Gasteiger partial charge in [0.05, 0.1) is 30.7 Å². The number of carbonyl (C=O) groups is 1. The first-order valence-corrected chi connectivity index (χ1v) is 9.55. The molecule has 2 aromatic heterocycles. The molecule has 146 valence electrons. The van der Waals surface area contributed by atoms with Gasteiger partial charge in [-0.25, -0.2) is 9.36 Å². The van der Waals surface area contributed by atoms with Gasteiger partial charge in [0.15, 0.2) is 0 Å². The Bertz CT molecular complexity index is 1200. The Labute approximate surface area is 174 Å². The van der Waals surface area contributed by atoms with Gasteiger partial charge in [0.2, 0.25) is 5.91 Å². The summed E-state index contributed by atoms with van der Waals surface area (Å²) in [5, 5.41) is 15.3. The van der Waals surface area contributed by atoms with Crippen LogP contribution in [0.4, 0.5) is 5.69 Å². The molecular weight excluding hydrogens is 436 g/mol. The standard InChI is InChI=1S/C20H17BrN6O2/c1-29-19-8-7-15(21)10-14(19)6-9-20(28)23-16-11-22-26(12-16)13-27-18-5-3-2-4-17(18)24-25-27/h2-12H,13H2,1H3,(H,23,28)/b9-6+. The van der Waals surface area contributed by atoms with Crippen molar-refractivity contribution in [2.24, 2.45) is 0 Å². The van der Waals surface area contributed by atoms with Crippen LogP contribution in [-0.2, 0) is 11.5 Å². The lowest BCUT2D eigenvalue weighted by molar-refractivity contribution is -0.111. The quantitative estimate of drug-likeness (QED) is 0.452. The van der Waals surface area contributed by atoms with Crippen molar-refractivity contribution < 1.29 is 9.53 Å². The third-order valence-corrected chi connectivity index (χ3v) is 4.70. The van der Waals surface area contributed by atoms with E-state index in [0.29, 0.717) is 18.1 Å². The first kappa shape index (κ1) is 18.9. The molecular formula is C20H17BrN6O2. The Morgan fingerprint density at radius 1 is 1.28 bits per heavy atom. The molecule has 0 fully saturated rings. The summed E-state index contributed by atoms with van der Waals surface area (Å²) < 4.78 is 9.63. The monoisotopic (exact) mass is 452 g/mol. The van der Waals surface area contributed by atoms with Crippen LogP contribution >= 0.6 is 15.9 Å². The van der Waals surface area contributed by atoms with Gasteiger partial charge in [-0.3, -0.25) is 4.79 Å². The average molecular weight is 453 g/mol. The number of amides is 1. The molecule has 0 atom stereocenters. The zero-order chi connectivity index (χ0) is 20.2. The molecule has 0 aliphatic heterocycles. The van der Waals surface area contributed by atoms with E-state index < -0.39 is 0 Å². The maximum atomic E-state index is 12.3. The summed E-state index contributed by atoms with van der Waals surface area (Å²) in [6, 6.07) is 13.3. The van der Waals surface area contributed by atoms with Gasteiger partial charge in [-0.15, -0.1) is 5.10 Å². The second kappa shape index (κ2) is 8.27. The van der Waals surface area contributed by atoms with Gasteiger partial charge in [0, 0.05) is 16.1 Å². The second-order valence-electron chi connectivity index (χ2n) is 6.20. The van der Waals surface area contributed by atoms with Crippen molar-refractivity contribution in [2.45, 2.75) is 6.67 Å². The fourth-order valence-electron chi connectivity index (χ4n) is 2.85. The highest BCUT2D eigenvalue weighted by Crippen LogP contribution is 2.24. The SMILES string of the molecule is COc1ccc(Br)cc1/C=C/C(=O)Nc1cnn(Cn2nnc3ccccc32)c1. The molecule has 29 heavy (non-hydrogen) atoms. The smallest absolute Gasteiger partial charge is 0.248 e. The summed E-state index contributed by atoms with van der Waals surface area (Å²) in [5.74, 6) is 0.419. The first-order chi connectivity index (χ1) is 14.1. The van der Waals surface area contributed by atoms with Gasteiger partial charge in [-0.1, -0.05) is 33.3 Å². The number of ether oxygens (including phenoxy) is 1. The van der Waals surface area contributed by atoms with Gasteiger partial charge in [-0.05, 0) is 36.4 Å². The number of aromatic nitrogens is 5. The lowest BCUT2D eigenvalue weighted by Crippen LogP contribution is -2.10. The Kier molecular flexibility index (Phi) is 5.39. The molecule has 0 saturated heterocycles. The van der Waals surface area contributed by atoms with E-state index in [-0.39, 0.29) is 5.91 Å². The molecule has 2 heterocycles. The predicted octanol–water partition coefficient (Wildman–Crippen LogP) is 3.56. The van der Waals surface area contributed by atoms with Gasteiger partial charge in [0.1, 0.15) is 17.9 Å². The van der Waals surface area contributed by atoms with Crippen LogP contribution in [0.1, 0.15) is 5.56 Å². The minimum absolute atomic E-state index is 0.266. The van der Waals surface area contributed by atoms with E-state index in [1.165, 1.54) is 6.08 Å². The number of benzene rings is 2. The molecule has 4 aromatic rings. The molecule has 9 heteroatoms. The van der Waals surface area contributed by atoms with E-state index >= 15 is 0 Å². The number of anilines is 1. The number of hydrogen-bond acceptors (Lipinski definition) is 5. The number of rotatable bonds is 6. The number of nitrogens with one attached hydrogen (secondary N) is 1. The molecule has 0 aliphatic carbocycles. The Hall–Kier alpha value is -3.46. The van der Waals surface area contributed by atoms with Gasteiger partial charge >= 0.3 is 0 Å². The third-order valence-electron chi connectivity index (χ3n) is 4.21. The largest absolute Gasteiger partial charge is 0.496 e. The predicted molar refractivity (Wildman–Crippen MR) is 114 cm³/mol. The molecule has 0 saturated carbocycles. The highest BCUT2D eigenvalue weighted by molar-refractivity contribution is 9.10. The number of nitrogens with zero attached hydrogens (tertiary/aromatic N) is 5. The topological polar surface area (TPSA) is 86.9 Å². The Morgan fingerprint density at radius 3 is 3.00 bits per heavy atom. The van der Waals surface area contributed by atoms with E-state index in [1.807, 2.05) is 42.5 Å². The van der Waals surface area contributed by atoms with E-state index in [1.54, 1.807) is 34.9 Å². The van der Waals surface area contributed by atoms with Gasteiger partial charge in [-0.2, -0.15) is 5.10 Å². The van der Waals surface area contributed by atoms with E-state index in [4.69, 9.17) is 4.74 Å². The summed E-state index contributed by atoms with van der Waals surface area (Å²) in [4.78, 5) is 12.3. The zero-order valence-corrected chi connectivity index (χ0v) is 17.1.